The second-order valence-corrected chi connectivity index (χ2v) is 6.52. The van der Waals surface area contributed by atoms with Gasteiger partial charge in [0.2, 0.25) is 0 Å². The highest BCUT2D eigenvalue weighted by Crippen LogP contribution is 2.26. The molecule has 1 heterocycles. The van der Waals surface area contributed by atoms with Crippen LogP contribution in [0.5, 0.6) is 0 Å². The Bertz CT molecular complexity index is 880. The molecule has 2 aromatic carbocycles. The van der Waals surface area contributed by atoms with Gasteiger partial charge in [-0.2, -0.15) is 0 Å². The van der Waals surface area contributed by atoms with Crippen LogP contribution >= 0.6 is 23.2 Å². The van der Waals surface area contributed by atoms with Crippen LogP contribution in [0.25, 0.3) is 11.1 Å². The van der Waals surface area contributed by atoms with E-state index in [-0.39, 0.29) is 11.9 Å². The number of nitrogens with one attached hydrogen (secondary N) is 1. The average molecular weight is 371 g/mol. The molecule has 0 radical (unpaired) electrons. The fourth-order valence-electron chi connectivity index (χ4n) is 2.53. The number of aromatic nitrogens is 1. The summed E-state index contributed by atoms with van der Waals surface area (Å²) in [6, 6.07) is 16.4. The first kappa shape index (κ1) is 17.5. The summed E-state index contributed by atoms with van der Waals surface area (Å²) < 4.78 is 0. The number of amides is 1. The minimum atomic E-state index is -0.214. The van der Waals surface area contributed by atoms with E-state index >= 15 is 0 Å². The van der Waals surface area contributed by atoms with Crippen LogP contribution in [-0.4, -0.2) is 10.9 Å². The van der Waals surface area contributed by atoms with Crippen LogP contribution in [-0.2, 0) is 0 Å². The molecule has 3 nitrogen and oxygen atoms in total. The fraction of sp³-hybridized carbons (Fsp3) is 0.100. The highest BCUT2D eigenvalue weighted by molar-refractivity contribution is 6.34. The van der Waals surface area contributed by atoms with E-state index < -0.39 is 0 Å². The Hall–Kier alpha value is -2.36. The van der Waals surface area contributed by atoms with Crippen LogP contribution in [0.1, 0.15) is 28.9 Å². The molecular formula is C20H16Cl2N2O. The number of hydrogen-bond acceptors (Lipinski definition) is 2. The van der Waals surface area contributed by atoms with Crippen molar-refractivity contribution in [3.05, 3.63) is 88.2 Å². The van der Waals surface area contributed by atoms with Gasteiger partial charge in [-0.05, 0) is 60.0 Å². The van der Waals surface area contributed by atoms with Gasteiger partial charge in [-0.25, -0.2) is 0 Å². The van der Waals surface area contributed by atoms with E-state index in [0.29, 0.717) is 15.6 Å². The second-order valence-electron chi connectivity index (χ2n) is 5.68. The van der Waals surface area contributed by atoms with Gasteiger partial charge in [-0.3, -0.25) is 9.78 Å². The number of pyridine rings is 1. The molecule has 3 aromatic rings. The van der Waals surface area contributed by atoms with E-state index in [9.17, 15) is 4.79 Å². The van der Waals surface area contributed by atoms with Gasteiger partial charge in [0.1, 0.15) is 0 Å². The summed E-state index contributed by atoms with van der Waals surface area (Å²) in [6.07, 6.45) is 3.44. The molecule has 25 heavy (non-hydrogen) atoms. The second kappa shape index (κ2) is 7.68. The van der Waals surface area contributed by atoms with Gasteiger partial charge in [0.05, 0.1) is 16.6 Å². The van der Waals surface area contributed by atoms with E-state index in [1.54, 1.807) is 36.7 Å². The lowest BCUT2D eigenvalue weighted by molar-refractivity contribution is 0.0940. The first-order valence-electron chi connectivity index (χ1n) is 7.81. The third kappa shape index (κ3) is 4.19. The number of hydrogen-bond donors (Lipinski definition) is 1. The first-order valence-corrected chi connectivity index (χ1v) is 8.56. The Morgan fingerprint density at radius 1 is 0.960 bits per heavy atom. The Kier molecular flexibility index (Phi) is 5.37. The van der Waals surface area contributed by atoms with Gasteiger partial charge >= 0.3 is 0 Å². The molecule has 0 bridgehead atoms. The summed E-state index contributed by atoms with van der Waals surface area (Å²) in [5, 5.41) is 4.03. The summed E-state index contributed by atoms with van der Waals surface area (Å²) >= 11 is 12.2. The van der Waals surface area contributed by atoms with Crippen LogP contribution in [0, 0.1) is 0 Å². The fourth-order valence-corrected chi connectivity index (χ4v) is 2.92. The number of nitrogens with zero attached hydrogens (tertiary/aromatic N) is 1. The monoisotopic (exact) mass is 370 g/mol. The number of benzene rings is 2. The largest absolute Gasteiger partial charge is 0.345 e. The first-order chi connectivity index (χ1) is 12.0. The van der Waals surface area contributed by atoms with E-state index in [1.165, 1.54) is 0 Å². The quantitative estimate of drug-likeness (QED) is 0.654. The third-order valence-corrected chi connectivity index (χ3v) is 4.51. The zero-order valence-electron chi connectivity index (χ0n) is 13.5. The third-order valence-electron chi connectivity index (χ3n) is 3.94. The van der Waals surface area contributed by atoms with Gasteiger partial charge in [0, 0.05) is 17.4 Å². The standard InChI is InChI=1S/C20H16Cl2N2O/c1-13(14-2-5-17(21)6-3-14)24-20(25)18-7-4-16(12-19(18)22)15-8-10-23-11-9-15/h2-13H,1H3,(H,24,25)/t13-/m0/s1. The van der Waals surface area contributed by atoms with Crippen molar-refractivity contribution in [3.63, 3.8) is 0 Å². The molecule has 0 aliphatic carbocycles. The molecule has 1 atom stereocenters. The Morgan fingerprint density at radius 2 is 1.64 bits per heavy atom. The summed E-state index contributed by atoms with van der Waals surface area (Å²) in [7, 11) is 0. The molecule has 0 saturated carbocycles. The lowest BCUT2D eigenvalue weighted by Gasteiger charge is -2.15. The molecule has 126 valence electrons. The van der Waals surface area contributed by atoms with Crippen molar-refractivity contribution in [3.8, 4) is 11.1 Å². The van der Waals surface area contributed by atoms with Crippen molar-refractivity contribution in [2.75, 3.05) is 0 Å². The molecule has 1 N–H and O–H groups in total. The van der Waals surface area contributed by atoms with Crippen LogP contribution in [0.3, 0.4) is 0 Å². The molecule has 1 aromatic heterocycles. The zero-order chi connectivity index (χ0) is 17.8. The van der Waals surface area contributed by atoms with Crippen molar-refractivity contribution in [2.24, 2.45) is 0 Å². The highest BCUT2D eigenvalue weighted by Gasteiger charge is 2.15. The topological polar surface area (TPSA) is 42.0 Å². The van der Waals surface area contributed by atoms with E-state index in [4.69, 9.17) is 23.2 Å². The Labute approximate surface area is 156 Å². The number of carbonyl (C=O) groups excluding carboxylic acids is 1. The summed E-state index contributed by atoms with van der Waals surface area (Å²) in [4.78, 5) is 16.5. The van der Waals surface area contributed by atoms with E-state index in [1.807, 2.05) is 37.3 Å². The molecule has 3 rings (SSSR count). The van der Waals surface area contributed by atoms with Gasteiger partial charge in [0.25, 0.3) is 5.91 Å². The van der Waals surface area contributed by atoms with E-state index in [0.717, 1.165) is 16.7 Å². The van der Waals surface area contributed by atoms with Crippen molar-refractivity contribution in [2.45, 2.75) is 13.0 Å². The summed E-state index contributed by atoms with van der Waals surface area (Å²) in [6.45, 7) is 1.92. The SMILES string of the molecule is C[C@H](NC(=O)c1ccc(-c2ccncc2)cc1Cl)c1ccc(Cl)cc1. The zero-order valence-corrected chi connectivity index (χ0v) is 15.1. The maximum absolute atomic E-state index is 12.5. The molecular weight excluding hydrogens is 355 g/mol. The molecule has 0 unspecified atom stereocenters. The minimum absolute atomic E-state index is 0.152. The predicted molar refractivity (Wildman–Crippen MR) is 102 cm³/mol. The van der Waals surface area contributed by atoms with Crippen molar-refractivity contribution in [1.29, 1.82) is 0 Å². The van der Waals surface area contributed by atoms with Gasteiger partial charge < -0.3 is 5.32 Å². The van der Waals surface area contributed by atoms with Gasteiger partial charge in [-0.15, -0.1) is 0 Å². The van der Waals surface area contributed by atoms with Crippen LogP contribution in [0.15, 0.2) is 67.0 Å². The average Bonchev–Trinajstić information content (AvgIpc) is 2.62. The highest BCUT2D eigenvalue weighted by atomic mass is 35.5. The molecule has 0 fully saturated rings. The summed E-state index contributed by atoms with van der Waals surface area (Å²) in [5.41, 5.74) is 3.36. The Morgan fingerprint density at radius 3 is 2.28 bits per heavy atom. The maximum atomic E-state index is 12.5. The predicted octanol–water partition coefficient (Wildman–Crippen LogP) is 5.55. The smallest absolute Gasteiger partial charge is 0.253 e. The molecule has 5 heteroatoms. The normalized spacial score (nSPS) is 11.8. The molecule has 0 aliphatic heterocycles. The minimum Gasteiger partial charge on any atom is -0.345 e. The number of halogens is 2. The lowest BCUT2D eigenvalue weighted by Crippen LogP contribution is -2.26. The van der Waals surface area contributed by atoms with Crippen LogP contribution in [0.4, 0.5) is 0 Å². The molecule has 0 aliphatic rings. The van der Waals surface area contributed by atoms with Crippen molar-refractivity contribution < 1.29 is 4.79 Å². The van der Waals surface area contributed by atoms with Crippen molar-refractivity contribution >= 4 is 29.1 Å². The number of rotatable bonds is 4. The molecule has 0 spiro atoms. The Balaban J connectivity index is 1.77. The number of carbonyl (C=O) groups is 1. The summed E-state index contributed by atoms with van der Waals surface area (Å²) in [5.74, 6) is -0.214. The van der Waals surface area contributed by atoms with Crippen LogP contribution in [0.2, 0.25) is 10.0 Å². The molecule has 0 saturated heterocycles. The molecule has 1 amide bonds. The van der Waals surface area contributed by atoms with E-state index in [2.05, 4.69) is 10.3 Å². The van der Waals surface area contributed by atoms with Gasteiger partial charge in [0.15, 0.2) is 0 Å². The maximum Gasteiger partial charge on any atom is 0.253 e. The van der Waals surface area contributed by atoms with Crippen molar-refractivity contribution in [1.82, 2.24) is 10.3 Å². The lowest BCUT2D eigenvalue weighted by atomic mass is 10.0. The van der Waals surface area contributed by atoms with Crippen LogP contribution < -0.4 is 5.32 Å². The van der Waals surface area contributed by atoms with Gasteiger partial charge in [-0.1, -0.05) is 41.4 Å².